The van der Waals surface area contributed by atoms with Crippen molar-refractivity contribution in [3.63, 3.8) is 0 Å². The Morgan fingerprint density at radius 3 is 1.94 bits per heavy atom. The fraction of sp³-hybridized carbons (Fsp3) is 1.00. The van der Waals surface area contributed by atoms with Crippen LogP contribution in [0.2, 0.25) is 0 Å². The van der Waals surface area contributed by atoms with Crippen LogP contribution in [-0.4, -0.2) is 12.4 Å². The molecule has 2 nitrogen and oxygen atoms in total. The first kappa shape index (κ1) is 12.7. The zero-order chi connectivity index (χ0) is 11.2. The van der Waals surface area contributed by atoms with Gasteiger partial charge in [0.05, 0.1) is 18.0 Å². The monoisotopic (exact) mass is 246 g/mol. The zero-order valence-electron chi connectivity index (χ0n) is 10.00. The summed E-state index contributed by atoms with van der Waals surface area (Å²) in [4.78, 5) is 0. The molecule has 3 heteroatoms. The van der Waals surface area contributed by atoms with Crippen molar-refractivity contribution in [2.75, 3.05) is 0 Å². The van der Waals surface area contributed by atoms with Gasteiger partial charge < -0.3 is 4.74 Å². The van der Waals surface area contributed by atoms with Crippen LogP contribution in [-0.2, 0) is 9.03 Å². The predicted octanol–water partition coefficient (Wildman–Crippen LogP) is 4.41. The Morgan fingerprint density at radius 1 is 0.812 bits per heavy atom. The van der Waals surface area contributed by atoms with Crippen molar-refractivity contribution < 1.29 is 9.03 Å². The SMILES string of the molecule is ClOC(OC1CCCCC1)C1CCCCC1. The summed E-state index contributed by atoms with van der Waals surface area (Å²) in [6.45, 7) is 0. The fourth-order valence-electron chi connectivity index (χ4n) is 3.00. The Morgan fingerprint density at radius 2 is 1.38 bits per heavy atom. The summed E-state index contributed by atoms with van der Waals surface area (Å²) in [6.07, 6.45) is 12.9. The molecule has 0 heterocycles. The highest BCUT2D eigenvalue weighted by atomic mass is 35.5. The molecule has 0 bridgehead atoms. The molecule has 94 valence electrons. The van der Waals surface area contributed by atoms with Crippen LogP contribution in [0.3, 0.4) is 0 Å². The van der Waals surface area contributed by atoms with Gasteiger partial charge in [0.25, 0.3) is 0 Å². The second kappa shape index (κ2) is 6.83. The molecule has 2 fully saturated rings. The van der Waals surface area contributed by atoms with Gasteiger partial charge in [-0.3, -0.25) is 0 Å². The molecule has 0 aromatic heterocycles. The highest BCUT2D eigenvalue weighted by Crippen LogP contribution is 2.31. The van der Waals surface area contributed by atoms with Crippen molar-refractivity contribution in [3.05, 3.63) is 0 Å². The second-order valence-electron chi connectivity index (χ2n) is 5.25. The van der Waals surface area contributed by atoms with E-state index in [0.717, 1.165) is 0 Å². The summed E-state index contributed by atoms with van der Waals surface area (Å²) in [5.74, 6) is 0.521. The van der Waals surface area contributed by atoms with Gasteiger partial charge in [0.2, 0.25) is 0 Å². The first-order valence-corrected chi connectivity index (χ1v) is 7.14. The van der Waals surface area contributed by atoms with Gasteiger partial charge in [0, 0.05) is 5.92 Å². The van der Waals surface area contributed by atoms with E-state index in [-0.39, 0.29) is 6.29 Å². The number of hydrogen-bond donors (Lipinski definition) is 0. The lowest BCUT2D eigenvalue weighted by Crippen LogP contribution is -2.32. The average Bonchev–Trinajstić information content (AvgIpc) is 2.38. The number of rotatable bonds is 4. The molecule has 2 aliphatic rings. The topological polar surface area (TPSA) is 18.5 Å². The summed E-state index contributed by atoms with van der Waals surface area (Å²) >= 11 is 5.60. The standard InChI is InChI=1S/C13H23ClO2/c14-16-13(11-7-3-1-4-8-11)15-12-9-5-2-6-10-12/h11-13H,1-10H2. The lowest BCUT2D eigenvalue weighted by molar-refractivity contribution is -0.159. The van der Waals surface area contributed by atoms with Gasteiger partial charge in [-0.25, -0.2) is 4.29 Å². The number of hydrogen-bond acceptors (Lipinski definition) is 2. The number of halogens is 1. The maximum Gasteiger partial charge on any atom is 0.180 e. The molecule has 1 atom stereocenters. The third kappa shape index (κ3) is 3.61. The smallest absolute Gasteiger partial charge is 0.180 e. The lowest BCUT2D eigenvalue weighted by Gasteiger charge is -2.32. The Bertz CT molecular complexity index is 186. The van der Waals surface area contributed by atoms with Crippen LogP contribution in [0, 0.1) is 5.92 Å². The molecule has 0 spiro atoms. The molecule has 1 unspecified atom stereocenters. The molecule has 2 aliphatic carbocycles. The van der Waals surface area contributed by atoms with E-state index >= 15 is 0 Å². The highest BCUT2D eigenvalue weighted by Gasteiger charge is 2.28. The zero-order valence-corrected chi connectivity index (χ0v) is 10.8. The van der Waals surface area contributed by atoms with E-state index in [4.69, 9.17) is 20.9 Å². The molecule has 0 radical (unpaired) electrons. The van der Waals surface area contributed by atoms with Crippen LogP contribution >= 0.6 is 11.9 Å². The van der Waals surface area contributed by atoms with E-state index in [1.54, 1.807) is 0 Å². The summed E-state index contributed by atoms with van der Waals surface area (Å²) < 4.78 is 11.1. The van der Waals surface area contributed by atoms with E-state index in [1.165, 1.54) is 64.2 Å². The third-order valence-corrected chi connectivity index (χ3v) is 4.18. The Labute approximate surface area is 104 Å². The molecule has 0 N–H and O–H groups in total. The van der Waals surface area contributed by atoms with Crippen LogP contribution < -0.4 is 0 Å². The quantitative estimate of drug-likeness (QED) is 0.684. The van der Waals surface area contributed by atoms with Crippen molar-refractivity contribution in [2.45, 2.75) is 76.6 Å². The summed E-state index contributed by atoms with van der Waals surface area (Å²) in [7, 11) is 0. The highest BCUT2D eigenvalue weighted by molar-refractivity contribution is 6.07. The minimum absolute atomic E-state index is 0.162. The van der Waals surface area contributed by atoms with E-state index in [9.17, 15) is 0 Å². The van der Waals surface area contributed by atoms with Gasteiger partial charge in [-0.1, -0.05) is 38.5 Å². The van der Waals surface area contributed by atoms with E-state index in [1.807, 2.05) is 0 Å². The largest absolute Gasteiger partial charge is 0.347 e. The van der Waals surface area contributed by atoms with E-state index in [2.05, 4.69) is 0 Å². The molecule has 0 aromatic carbocycles. The van der Waals surface area contributed by atoms with Crippen LogP contribution in [0.1, 0.15) is 64.2 Å². The minimum Gasteiger partial charge on any atom is -0.347 e. The van der Waals surface area contributed by atoms with Gasteiger partial charge >= 0.3 is 0 Å². The van der Waals surface area contributed by atoms with Crippen LogP contribution in [0.25, 0.3) is 0 Å². The summed E-state index contributed by atoms with van der Waals surface area (Å²) in [6, 6.07) is 0. The predicted molar refractivity (Wildman–Crippen MR) is 65.3 cm³/mol. The van der Waals surface area contributed by atoms with Crippen molar-refractivity contribution in [3.8, 4) is 0 Å². The average molecular weight is 247 g/mol. The number of ether oxygens (including phenoxy) is 1. The molecule has 0 aliphatic heterocycles. The van der Waals surface area contributed by atoms with Crippen LogP contribution in [0.15, 0.2) is 0 Å². The molecule has 16 heavy (non-hydrogen) atoms. The molecule has 0 aromatic rings. The van der Waals surface area contributed by atoms with E-state index in [0.29, 0.717) is 12.0 Å². The first-order chi connectivity index (χ1) is 7.90. The maximum absolute atomic E-state index is 6.03. The minimum atomic E-state index is -0.162. The van der Waals surface area contributed by atoms with Crippen molar-refractivity contribution in [1.29, 1.82) is 0 Å². The molecule has 0 saturated heterocycles. The van der Waals surface area contributed by atoms with Gasteiger partial charge in [0.1, 0.15) is 0 Å². The molecular weight excluding hydrogens is 224 g/mol. The van der Waals surface area contributed by atoms with Crippen molar-refractivity contribution in [2.24, 2.45) is 5.92 Å². The molecule has 2 rings (SSSR count). The second-order valence-corrected chi connectivity index (χ2v) is 5.43. The van der Waals surface area contributed by atoms with E-state index < -0.39 is 0 Å². The maximum atomic E-state index is 6.03. The Kier molecular flexibility index (Phi) is 5.40. The van der Waals surface area contributed by atoms with Crippen LogP contribution in [0.5, 0.6) is 0 Å². The van der Waals surface area contributed by atoms with Gasteiger partial charge in [0.15, 0.2) is 6.29 Å². The summed E-state index contributed by atoms with van der Waals surface area (Å²) in [5.41, 5.74) is 0. The van der Waals surface area contributed by atoms with Crippen LogP contribution in [0.4, 0.5) is 0 Å². The summed E-state index contributed by atoms with van der Waals surface area (Å²) in [5, 5.41) is 0. The molecular formula is C13H23ClO2. The molecule has 0 amide bonds. The first-order valence-electron chi connectivity index (χ1n) is 6.83. The van der Waals surface area contributed by atoms with Crippen molar-refractivity contribution >= 4 is 11.9 Å². The van der Waals surface area contributed by atoms with Crippen molar-refractivity contribution in [1.82, 2.24) is 0 Å². The van der Waals surface area contributed by atoms with Gasteiger partial charge in [-0.15, -0.1) is 0 Å². The Balaban J connectivity index is 1.78. The van der Waals surface area contributed by atoms with Gasteiger partial charge in [-0.2, -0.15) is 0 Å². The lowest BCUT2D eigenvalue weighted by atomic mass is 9.88. The fourth-order valence-corrected chi connectivity index (χ4v) is 3.19. The third-order valence-electron chi connectivity index (χ3n) is 4.00. The molecule has 2 saturated carbocycles. The Hall–Kier alpha value is 0.210. The van der Waals surface area contributed by atoms with Gasteiger partial charge in [-0.05, 0) is 25.7 Å². The normalized spacial score (nSPS) is 26.8.